The standard InChI is InChI=1S/C11H19N3O/c1-14(2)10(11-4-3-5-15-11)8-13-9-6-12-7-9/h3-5,9-10,12-13H,6-8H2,1-2H3. The van der Waals surface area contributed by atoms with Crippen LogP contribution in [0.4, 0.5) is 0 Å². The van der Waals surface area contributed by atoms with E-state index in [0.717, 1.165) is 25.4 Å². The number of likely N-dealkylation sites (N-methyl/N-ethyl adjacent to an activating group) is 1. The lowest BCUT2D eigenvalue weighted by atomic mass is 10.1. The van der Waals surface area contributed by atoms with E-state index in [1.165, 1.54) is 0 Å². The van der Waals surface area contributed by atoms with Gasteiger partial charge in [-0.15, -0.1) is 0 Å². The van der Waals surface area contributed by atoms with Crippen LogP contribution in [0.25, 0.3) is 0 Å². The lowest BCUT2D eigenvalue weighted by molar-refractivity contribution is 0.232. The van der Waals surface area contributed by atoms with Gasteiger partial charge in [0.05, 0.1) is 12.3 Å². The van der Waals surface area contributed by atoms with Crippen molar-refractivity contribution in [2.24, 2.45) is 0 Å². The summed E-state index contributed by atoms with van der Waals surface area (Å²) < 4.78 is 5.44. The molecule has 2 rings (SSSR count). The van der Waals surface area contributed by atoms with Gasteiger partial charge in [-0.05, 0) is 26.2 Å². The minimum absolute atomic E-state index is 0.320. The van der Waals surface area contributed by atoms with Crippen molar-refractivity contribution < 1.29 is 4.42 Å². The van der Waals surface area contributed by atoms with E-state index < -0.39 is 0 Å². The van der Waals surface area contributed by atoms with Gasteiger partial charge in [0.2, 0.25) is 0 Å². The first kappa shape index (κ1) is 10.7. The minimum Gasteiger partial charge on any atom is -0.468 e. The molecule has 1 aromatic rings. The zero-order valence-corrected chi connectivity index (χ0v) is 9.36. The first-order valence-electron chi connectivity index (χ1n) is 5.41. The van der Waals surface area contributed by atoms with Crippen LogP contribution < -0.4 is 10.6 Å². The Morgan fingerprint density at radius 2 is 2.40 bits per heavy atom. The highest BCUT2D eigenvalue weighted by Gasteiger charge is 2.21. The molecule has 4 heteroatoms. The number of nitrogens with one attached hydrogen (secondary N) is 2. The molecule has 0 bridgehead atoms. The second-order valence-electron chi connectivity index (χ2n) is 4.26. The van der Waals surface area contributed by atoms with Crippen molar-refractivity contribution in [1.29, 1.82) is 0 Å². The molecule has 2 heterocycles. The summed E-state index contributed by atoms with van der Waals surface area (Å²) in [6.07, 6.45) is 1.73. The summed E-state index contributed by atoms with van der Waals surface area (Å²) in [5.74, 6) is 1.03. The Hall–Kier alpha value is -0.840. The smallest absolute Gasteiger partial charge is 0.122 e. The Morgan fingerprint density at radius 3 is 2.87 bits per heavy atom. The Morgan fingerprint density at radius 1 is 1.60 bits per heavy atom. The van der Waals surface area contributed by atoms with E-state index >= 15 is 0 Å². The van der Waals surface area contributed by atoms with Gasteiger partial charge in [-0.1, -0.05) is 0 Å². The van der Waals surface area contributed by atoms with E-state index in [2.05, 4.69) is 29.6 Å². The molecule has 0 aliphatic carbocycles. The first-order chi connectivity index (χ1) is 7.27. The number of hydrogen-bond donors (Lipinski definition) is 2. The van der Waals surface area contributed by atoms with E-state index in [0.29, 0.717) is 12.1 Å². The summed E-state index contributed by atoms with van der Waals surface area (Å²) in [5, 5.41) is 6.77. The van der Waals surface area contributed by atoms with Crippen molar-refractivity contribution >= 4 is 0 Å². The van der Waals surface area contributed by atoms with Crippen LogP contribution in [0.3, 0.4) is 0 Å². The number of hydrogen-bond acceptors (Lipinski definition) is 4. The topological polar surface area (TPSA) is 40.4 Å². The Balaban J connectivity index is 1.88. The van der Waals surface area contributed by atoms with Gasteiger partial charge in [-0.3, -0.25) is 4.90 Å². The zero-order valence-electron chi connectivity index (χ0n) is 9.36. The summed E-state index contributed by atoms with van der Waals surface area (Å²) >= 11 is 0. The van der Waals surface area contributed by atoms with Crippen LogP contribution in [0.1, 0.15) is 11.8 Å². The molecule has 1 aromatic heterocycles. The zero-order chi connectivity index (χ0) is 10.7. The van der Waals surface area contributed by atoms with Crippen molar-refractivity contribution in [3.05, 3.63) is 24.2 Å². The van der Waals surface area contributed by atoms with Gasteiger partial charge in [0.15, 0.2) is 0 Å². The third-order valence-electron chi connectivity index (χ3n) is 2.88. The molecule has 2 N–H and O–H groups in total. The van der Waals surface area contributed by atoms with Gasteiger partial charge in [0.25, 0.3) is 0 Å². The van der Waals surface area contributed by atoms with Crippen LogP contribution in [0.5, 0.6) is 0 Å². The van der Waals surface area contributed by atoms with Crippen LogP contribution in [-0.2, 0) is 0 Å². The Kier molecular flexibility index (Phi) is 3.41. The molecule has 0 aromatic carbocycles. The van der Waals surface area contributed by atoms with Crippen LogP contribution >= 0.6 is 0 Å². The van der Waals surface area contributed by atoms with Crippen molar-refractivity contribution in [2.45, 2.75) is 12.1 Å². The third-order valence-corrected chi connectivity index (χ3v) is 2.88. The average molecular weight is 209 g/mol. The molecule has 1 fully saturated rings. The van der Waals surface area contributed by atoms with E-state index in [4.69, 9.17) is 4.42 Å². The Bertz CT molecular complexity index is 280. The molecule has 84 valence electrons. The van der Waals surface area contributed by atoms with Crippen molar-refractivity contribution in [3.63, 3.8) is 0 Å². The van der Waals surface area contributed by atoms with Gasteiger partial charge in [-0.2, -0.15) is 0 Å². The van der Waals surface area contributed by atoms with E-state index in [1.54, 1.807) is 6.26 Å². The fourth-order valence-corrected chi connectivity index (χ4v) is 1.73. The highest BCUT2D eigenvalue weighted by Crippen LogP contribution is 2.17. The molecule has 0 saturated carbocycles. The number of furan rings is 1. The van der Waals surface area contributed by atoms with Crippen molar-refractivity contribution in [1.82, 2.24) is 15.5 Å². The average Bonchev–Trinajstić information content (AvgIpc) is 2.61. The summed E-state index contributed by atoms with van der Waals surface area (Å²) in [7, 11) is 4.15. The predicted octanol–water partition coefficient (Wildman–Crippen LogP) is 0.444. The number of rotatable bonds is 5. The number of nitrogens with zero attached hydrogens (tertiary/aromatic N) is 1. The van der Waals surface area contributed by atoms with Crippen LogP contribution in [0.15, 0.2) is 22.8 Å². The van der Waals surface area contributed by atoms with Gasteiger partial charge >= 0.3 is 0 Å². The fraction of sp³-hybridized carbons (Fsp3) is 0.636. The molecule has 0 radical (unpaired) electrons. The lowest BCUT2D eigenvalue weighted by Gasteiger charge is -2.31. The van der Waals surface area contributed by atoms with E-state index in [1.807, 2.05) is 12.1 Å². The maximum absolute atomic E-state index is 5.44. The van der Waals surface area contributed by atoms with Gasteiger partial charge in [0.1, 0.15) is 5.76 Å². The molecular formula is C11H19N3O. The maximum atomic E-state index is 5.44. The van der Waals surface area contributed by atoms with E-state index in [-0.39, 0.29) is 0 Å². The summed E-state index contributed by atoms with van der Waals surface area (Å²) in [5.41, 5.74) is 0. The molecule has 1 aliphatic heterocycles. The highest BCUT2D eigenvalue weighted by atomic mass is 16.3. The molecule has 0 spiro atoms. The van der Waals surface area contributed by atoms with Crippen LogP contribution in [0, 0.1) is 0 Å². The SMILES string of the molecule is CN(C)C(CNC1CNC1)c1ccco1. The van der Waals surface area contributed by atoms with Gasteiger partial charge in [-0.25, -0.2) is 0 Å². The van der Waals surface area contributed by atoms with Gasteiger partial charge in [0, 0.05) is 25.7 Å². The molecule has 1 unspecified atom stereocenters. The third kappa shape index (κ3) is 2.59. The van der Waals surface area contributed by atoms with Crippen molar-refractivity contribution in [3.8, 4) is 0 Å². The molecule has 0 amide bonds. The lowest BCUT2D eigenvalue weighted by Crippen LogP contribution is -2.56. The predicted molar refractivity (Wildman–Crippen MR) is 59.8 cm³/mol. The molecule has 15 heavy (non-hydrogen) atoms. The largest absolute Gasteiger partial charge is 0.468 e. The summed E-state index contributed by atoms with van der Waals surface area (Å²) in [6, 6.07) is 4.92. The molecule has 1 atom stereocenters. The van der Waals surface area contributed by atoms with Crippen molar-refractivity contribution in [2.75, 3.05) is 33.7 Å². The van der Waals surface area contributed by atoms with Crippen LogP contribution in [-0.4, -0.2) is 44.7 Å². The highest BCUT2D eigenvalue weighted by molar-refractivity contribution is 5.05. The Labute approximate surface area is 90.6 Å². The first-order valence-corrected chi connectivity index (χ1v) is 5.41. The minimum atomic E-state index is 0.320. The molecule has 1 aliphatic rings. The second kappa shape index (κ2) is 4.79. The van der Waals surface area contributed by atoms with Gasteiger partial charge < -0.3 is 15.1 Å². The van der Waals surface area contributed by atoms with Crippen LogP contribution in [0.2, 0.25) is 0 Å². The summed E-state index contributed by atoms with van der Waals surface area (Å²) in [6.45, 7) is 3.10. The molecular weight excluding hydrogens is 190 g/mol. The fourth-order valence-electron chi connectivity index (χ4n) is 1.73. The quantitative estimate of drug-likeness (QED) is 0.738. The van der Waals surface area contributed by atoms with E-state index in [9.17, 15) is 0 Å². The monoisotopic (exact) mass is 209 g/mol. The second-order valence-corrected chi connectivity index (χ2v) is 4.26. The summed E-state index contributed by atoms with van der Waals surface area (Å²) in [4.78, 5) is 2.18. The maximum Gasteiger partial charge on any atom is 0.122 e. The molecule has 1 saturated heterocycles. The molecule has 4 nitrogen and oxygen atoms in total. The normalized spacial score (nSPS) is 19.1.